The summed E-state index contributed by atoms with van der Waals surface area (Å²) < 4.78 is 30.7. The molecule has 2 aromatic heterocycles. The first-order valence-electron chi connectivity index (χ1n) is 11.0. The lowest BCUT2D eigenvalue weighted by Crippen LogP contribution is -2.16. The van der Waals surface area contributed by atoms with Gasteiger partial charge in [-0.1, -0.05) is 48.5 Å². The van der Waals surface area contributed by atoms with Crippen LogP contribution in [-0.2, 0) is 16.4 Å². The summed E-state index contributed by atoms with van der Waals surface area (Å²) >= 11 is 0. The van der Waals surface area contributed by atoms with Crippen LogP contribution in [-0.4, -0.2) is 35.8 Å². The average molecular weight is 478 g/mol. The van der Waals surface area contributed by atoms with Crippen LogP contribution in [0.5, 0.6) is 0 Å². The first-order chi connectivity index (χ1) is 16.3. The lowest BCUT2D eigenvalue weighted by molar-refractivity contribution is 0.434. The van der Waals surface area contributed by atoms with Crippen molar-refractivity contribution in [2.75, 3.05) is 12.8 Å². The molecule has 34 heavy (non-hydrogen) atoms. The predicted octanol–water partition coefficient (Wildman–Crippen LogP) is 4.34. The minimum atomic E-state index is -3.36. The minimum Gasteiger partial charge on any atom is -0.382 e. The van der Waals surface area contributed by atoms with Crippen molar-refractivity contribution in [3.05, 3.63) is 66.4 Å². The summed E-state index contributed by atoms with van der Waals surface area (Å²) in [6, 6.07) is 16.4. The third-order valence-electron chi connectivity index (χ3n) is 5.76. The van der Waals surface area contributed by atoms with E-state index in [0.717, 1.165) is 17.7 Å². The second-order valence-corrected chi connectivity index (χ2v) is 10.4. The normalized spacial score (nSPS) is 12.6. The van der Waals surface area contributed by atoms with Gasteiger partial charge in [-0.2, -0.15) is 0 Å². The number of hydrogen-bond acceptors (Lipinski definition) is 8. The van der Waals surface area contributed by atoms with Gasteiger partial charge in [-0.15, -0.1) is 0 Å². The molecule has 1 unspecified atom stereocenters. The summed E-state index contributed by atoms with van der Waals surface area (Å²) in [6.45, 7) is 4.35. The lowest BCUT2D eigenvalue weighted by atomic mass is 10.1. The number of nitrogens with two attached hydrogens (primary N) is 1. The summed E-state index contributed by atoms with van der Waals surface area (Å²) in [5, 5.41) is 6.84. The Morgan fingerprint density at radius 3 is 2.32 bits per heavy atom. The van der Waals surface area contributed by atoms with Crippen LogP contribution in [0.25, 0.3) is 34.0 Å². The standard InChI is InChI=1S/C25H27N5O3S/c1-4-16(2)34(31,32)20-11-9-19(10-12-20)22-15-28-25(26)24(29-22)23-13-21(30-33-23)18-7-5-17(6-8-18)14-27-3/h5-13,15-16,27H,4,14H2,1-3H3,(H2,26,28). The second kappa shape index (κ2) is 9.74. The van der Waals surface area contributed by atoms with Gasteiger partial charge in [-0.05, 0) is 38.1 Å². The Kier molecular flexibility index (Phi) is 6.76. The van der Waals surface area contributed by atoms with Crippen LogP contribution in [0.3, 0.4) is 0 Å². The van der Waals surface area contributed by atoms with E-state index in [1.807, 2.05) is 38.2 Å². The molecule has 2 aromatic carbocycles. The zero-order chi connectivity index (χ0) is 24.3. The molecule has 1 atom stereocenters. The molecular weight excluding hydrogens is 450 g/mol. The van der Waals surface area contributed by atoms with Gasteiger partial charge in [0.1, 0.15) is 5.69 Å². The summed E-state index contributed by atoms with van der Waals surface area (Å²) in [4.78, 5) is 9.17. The van der Waals surface area contributed by atoms with E-state index in [4.69, 9.17) is 10.3 Å². The Bertz CT molecular complexity index is 1380. The number of nitrogen functional groups attached to an aromatic ring is 1. The maximum atomic E-state index is 12.6. The van der Waals surface area contributed by atoms with E-state index in [2.05, 4.69) is 20.4 Å². The maximum Gasteiger partial charge on any atom is 0.189 e. The molecule has 4 aromatic rings. The molecule has 4 rings (SSSR count). The SMILES string of the molecule is CCC(C)S(=O)(=O)c1ccc(-c2cnc(N)c(-c3cc(-c4ccc(CNC)cc4)no3)n2)cc1. The highest BCUT2D eigenvalue weighted by molar-refractivity contribution is 7.92. The monoisotopic (exact) mass is 477 g/mol. The molecule has 0 radical (unpaired) electrons. The van der Waals surface area contributed by atoms with Gasteiger partial charge in [0.05, 0.1) is 22.0 Å². The molecule has 0 amide bonds. The molecular formula is C25H27N5O3S. The zero-order valence-electron chi connectivity index (χ0n) is 19.3. The van der Waals surface area contributed by atoms with Crippen molar-refractivity contribution in [2.45, 2.75) is 37.0 Å². The van der Waals surface area contributed by atoms with Crippen LogP contribution >= 0.6 is 0 Å². The van der Waals surface area contributed by atoms with Crippen LogP contribution in [0.1, 0.15) is 25.8 Å². The topological polar surface area (TPSA) is 124 Å². The van der Waals surface area contributed by atoms with Crippen molar-refractivity contribution >= 4 is 15.7 Å². The van der Waals surface area contributed by atoms with Gasteiger partial charge in [0.2, 0.25) is 0 Å². The van der Waals surface area contributed by atoms with Gasteiger partial charge in [-0.3, -0.25) is 0 Å². The number of aromatic nitrogens is 3. The van der Waals surface area contributed by atoms with Crippen molar-refractivity contribution < 1.29 is 12.9 Å². The molecule has 8 nitrogen and oxygen atoms in total. The van der Waals surface area contributed by atoms with E-state index >= 15 is 0 Å². The number of nitrogens with zero attached hydrogens (tertiary/aromatic N) is 3. The van der Waals surface area contributed by atoms with E-state index in [9.17, 15) is 8.42 Å². The number of benzene rings is 2. The van der Waals surface area contributed by atoms with Gasteiger partial charge < -0.3 is 15.6 Å². The van der Waals surface area contributed by atoms with Gasteiger partial charge in [-0.25, -0.2) is 18.4 Å². The van der Waals surface area contributed by atoms with E-state index in [-0.39, 0.29) is 10.7 Å². The van der Waals surface area contributed by atoms with Gasteiger partial charge in [0.15, 0.2) is 27.1 Å². The third-order valence-corrected chi connectivity index (χ3v) is 8.08. The lowest BCUT2D eigenvalue weighted by Gasteiger charge is -2.11. The van der Waals surface area contributed by atoms with Crippen LogP contribution in [0.15, 0.2) is 70.2 Å². The van der Waals surface area contributed by atoms with E-state index in [1.54, 1.807) is 43.5 Å². The van der Waals surface area contributed by atoms with Gasteiger partial charge in [0.25, 0.3) is 0 Å². The molecule has 3 N–H and O–H groups in total. The Morgan fingerprint density at radius 2 is 1.68 bits per heavy atom. The van der Waals surface area contributed by atoms with E-state index in [0.29, 0.717) is 29.3 Å². The van der Waals surface area contributed by atoms with Crippen LogP contribution in [0, 0.1) is 0 Å². The van der Waals surface area contributed by atoms with Crippen LogP contribution < -0.4 is 11.1 Å². The highest BCUT2D eigenvalue weighted by atomic mass is 32.2. The van der Waals surface area contributed by atoms with Gasteiger partial charge in [0, 0.05) is 23.7 Å². The Labute approximate surface area is 199 Å². The van der Waals surface area contributed by atoms with E-state index in [1.165, 1.54) is 5.56 Å². The van der Waals surface area contributed by atoms with Crippen molar-refractivity contribution in [3.8, 4) is 34.0 Å². The van der Waals surface area contributed by atoms with Crippen LogP contribution in [0.2, 0.25) is 0 Å². The van der Waals surface area contributed by atoms with Crippen molar-refractivity contribution in [1.82, 2.24) is 20.4 Å². The van der Waals surface area contributed by atoms with Crippen molar-refractivity contribution in [3.63, 3.8) is 0 Å². The molecule has 0 spiro atoms. The largest absolute Gasteiger partial charge is 0.382 e. The number of hydrogen-bond donors (Lipinski definition) is 2. The molecule has 0 aliphatic carbocycles. The molecule has 176 valence electrons. The molecule has 2 heterocycles. The fraction of sp³-hybridized carbons (Fsp3) is 0.240. The zero-order valence-corrected chi connectivity index (χ0v) is 20.1. The summed E-state index contributed by atoms with van der Waals surface area (Å²) in [7, 11) is -1.46. The first kappa shape index (κ1) is 23.6. The average Bonchev–Trinajstić information content (AvgIpc) is 3.34. The molecule has 0 aliphatic heterocycles. The fourth-order valence-electron chi connectivity index (χ4n) is 3.51. The molecule has 0 bridgehead atoms. The number of rotatable bonds is 8. The van der Waals surface area contributed by atoms with Crippen LogP contribution in [0.4, 0.5) is 5.82 Å². The summed E-state index contributed by atoms with van der Waals surface area (Å²) in [6.07, 6.45) is 2.10. The van der Waals surface area contributed by atoms with E-state index < -0.39 is 15.1 Å². The van der Waals surface area contributed by atoms with Crippen molar-refractivity contribution in [2.24, 2.45) is 0 Å². The van der Waals surface area contributed by atoms with Gasteiger partial charge >= 0.3 is 0 Å². The Balaban J connectivity index is 1.62. The molecule has 0 fully saturated rings. The minimum absolute atomic E-state index is 0.215. The Morgan fingerprint density at radius 1 is 1.03 bits per heavy atom. The highest BCUT2D eigenvalue weighted by Gasteiger charge is 2.22. The first-order valence-corrected chi connectivity index (χ1v) is 12.6. The molecule has 0 saturated carbocycles. The number of anilines is 1. The molecule has 0 aliphatic rings. The maximum absolute atomic E-state index is 12.6. The summed E-state index contributed by atoms with van der Waals surface area (Å²) in [5.74, 6) is 0.615. The molecule has 9 heteroatoms. The summed E-state index contributed by atoms with van der Waals surface area (Å²) in [5.41, 5.74) is 10.5. The fourth-order valence-corrected chi connectivity index (χ4v) is 4.93. The third kappa shape index (κ3) is 4.71. The Hall–Kier alpha value is -3.56. The quantitative estimate of drug-likeness (QED) is 0.384. The predicted molar refractivity (Wildman–Crippen MR) is 133 cm³/mol. The highest BCUT2D eigenvalue weighted by Crippen LogP contribution is 2.30. The molecule has 0 saturated heterocycles. The van der Waals surface area contributed by atoms with Crippen molar-refractivity contribution in [1.29, 1.82) is 0 Å². The number of nitrogens with one attached hydrogen (secondary N) is 1. The number of sulfone groups is 1. The smallest absolute Gasteiger partial charge is 0.189 e. The second-order valence-electron chi connectivity index (χ2n) is 8.08.